The third-order valence-corrected chi connectivity index (χ3v) is 5.59. The molecule has 2 amide bonds. The van der Waals surface area contributed by atoms with Crippen LogP contribution in [0.25, 0.3) is 0 Å². The first-order chi connectivity index (χ1) is 14.4. The van der Waals surface area contributed by atoms with E-state index in [1.807, 2.05) is 6.92 Å². The average Bonchev–Trinajstić information content (AvgIpc) is 2.74. The monoisotopic (exact) mass is 433 g/mol. The maximum Gasteiger partial charge on any atom is 0.255 e. The van der Waals surface area contributed by atoms with Gasteiger partial charge in [0.15, 0.2) is 0 Å². The lowest BCUT2D eigenvalue weighted by molar-refractivity contribution is -0.115. The first kappa shape index (κ1) is 23.5. The van der Waals surface area contributed by atoms with Gasteiger partial charge >= 0.3 is 0 Å². The van der Waals surface area contributed by atoms with Gasteiger partial charge in [-0.15, -0.1) is 0 Å². The van der Waals surface area contributed by atoms with Crippen molar-refractivity contribution in [1.29, 1.82) is 0 Å². The smallest absolute Gasteiger partial charge is 0.255 e. The Morgan fingerprint density at radius 1 is 0.967 bits per heavy atom. The van der Waals surface area contributed by atoms with Gasteiger partial charge < -0.3 is 15.4 Å². The molecular weight excluding hydrogens is 406 g/mol. The first-order valence-electron chi connectivity index (χ1n) is 9.74. The van der Waals surface area contributed by atoms with Crippen LogP contribution in [-0.4, -0.2) is 40.0 Å². The fourth-order valence-electron chi connectivity index (χ4n) is 2.52. The zero-order valence-corrected chi connectivity index (χ0v) is 17.9. The Bertz CT molecular complexity index is 959. The molecule has 0 spiro atoms. The summed E-state index contributed by atoms with van der Waals surface area (Å²) in [6, 6.07) is 12.5. The molecule has 0 bridgehead atoms. The van der Waals surface area contributed by atoms with Crippen molar-refractivity contribution in [2.24, 2.45) is 0 Å². The van der Waals surface area contributed by atoms with Gasteiger partial charge in [-0.25, -0.2) is 13.1 Å². The van der Waals surface area contributed by atoms with E-state index in [0.717, 1.165) is 0 Å². The zero-order chi connectivity index (χ0) is 22.0. The molecule has 0 fully saturated rings. The number of carbonyl (C=O) groups is 2. The molecule has 0 atom stereocenters. The first-order valence-corrected chi connectivity index (χ1v) is 11.2. The number of amides is 2. The minimum absolute atomic E-state index is 0.112. The van der Waals surface area contributed by atoms with Gasteiger partial charge in [0.25, 0.3) is 5.91 Å². The maximum absolute atomic E-state index is 12.5. The minimum atomic E-state index is -3.62. The number of benzene rings is 2. The molecule has 0 radical (unpaired) electrons. The van der Waals surface area contributed by atoms with E-state index in [0.29, 0.717) is 43.0 Å². The van der Waals surface area contributed by atoms with Gasteiger partial charge in [0.05, 0.1) is 4.90 Å². The summed E-state index contributed by atoms with van der Waals surface area (Å²) in [6.07, 6.45) is 0.923. The molecule has 2 aromatic rings. The van der Waals surface area contributed by atoms with E-state index in [9.17, 15) is 18.0 Å². The van der Waals surface area contributed by atoms with E-state index in [-0.39, 0.29) is 23.3 Å². The summed E-state index contributed by atoms with van der Waals surface area (Å²) >= 11 is 0. The highest BCUT2D eigenvalue weighted by atomic mass is 32.2. The zero-order valence-electron chi connectivity index (χ0n) is 17.1. The second-order valence-corrected chi connectivity index (χ2v) is 8.18. The lowest BCUT2D eigenvalue weighted by atomic mass is 10.1. The number of nitrogens with one attached hydrogen (secondary N) is 3. The van der Waals surface area contributed by atoms with Gasteiger partial charge in [-0.2, -0.15) is 0 Å². The molecule has 30 heavy (non-hydrogen) atoms. The number of rotatable bonds is 11. The van der Waals surface area contributed by atoms with E-state index < -0.39 is 10.0 Å². The van der Waals surface area contributed by atoms with Crippen LogP contribution in [0.2, 0.25) is 0 Å². The Labute approximate surface area is 177 Å². The topological polar surface area (TPSA) is 114 Å². The SMILES string of the molecule is CCOCCCNS(=O)(=O)c1ccc(NC(=O)c2cccc(NC(=O)CC)c2)cc1. The predicted molar refractivity (Wildman–Crippen MR) is 116 cm³/mol. The van der Waals surface area contributed by atoms with E-state index in [1.54, 1.807) is 31.2 Å². The van der Waals surface area contributed by atoms with Crippen LogP contribution in [0.4, 0.5) is 11.4 Å². The Morgan fingerprint density at radius 3 is 2.37 bits per heavy atom. The molecule has 162 valence electrons. The Balaban J connectivity index is 1.97. The highest BCUT2D eigenvalue weighted by Gasteiger charge is 2.14. The van der Waals surface area contributed by atoms with E-state index in [2.05, 4.69) is 15.4 Å². The Morgan fingerprint density at radius 2 is 1.70 bits per heavy atom. The van der Waals surface area contributed by atoms with Gasteiger partial charge in [-0.1, -0.05) is 13.0 Å². The molecular formula is C21H27N3O5S. The second kappa shape index (κ2) is 11.4. The number of ether oxygens (including phenoxy) is 1. The predicted octanol–water partition coefficient (Wildman–Crippen LogP) is 2.99. The van der Waals surface area contributed by atoms with Crippen LogP contribution < -0.4 is 15.4 Å². The molecule has 2 aromatic carbocycles. The maximum atomic E-state index is 12.5. The summed E-state index contributed by atoms with van der Waals surface area (Å²) in [5.74, 6) is -0.511. The molecule has 0 heterocycles. The van der Waals surface area contributed by atoms with Crippen molar-refractivity contribution in [2.45, 2.75) is 31.6 Å². The fraction of sp³-hybridized carbons (Fsp3) is 0.333. The van der Waals surface area contributed by atoms with Crippen LogP contribution in [0.1, 0.15) is 37.0 Å². The summed E-state index contributed by atoms with van der Waals surface area (Å²) in [7, 11) is -3.62. The standard InChI is InChI=1S/C21H27N3O5S/c1-3-20(25)23-18-8-5-7-16(15-18)21(26)24-17-9-11-19(12-10-17)30(27,28)22-13-6-14-29-4-2/h5,7-12,15,22H,3-4,6,13-14H2,1-2H3,(H,23,25)(H,24,26). The van der Waals surface area contributed by atoms with Crippen LogP contribution in [0.5, 0.6) is 0 Å². The van der Waals surface area contributed by atoms with Crippen molar-refractivity contribution in [3.63, 3.8) is 0 Å². The molecule has 2 rings (SSSR count). The normalized spacial score (nSPS) is 11.1. The van der Waals surface area contributed by atoms with E-state index in [4.69, 9.17) is 4.74 Å². The molecule has 9 heteroatoms. The van der Waals surface area contributed by atoms with Crippen LogP contribution in [-0.2, 0) is 19.6 Å². The fourth-order valence-corrected chi connectivity index (χ4v) is 3.59. The largest absolute Gasteiger partial charge is 0.382 e. The second-order valence-electron chi connectivity index (χ2n) is 6.41. The molecule has 0 aromatic heterocycles. The van der Waals surface area contributed by atoms with Crippen LogP contribution in [0.15, 0.2) is 53.4 Å². The van der Waals surface area contributed by atoms with Gasteiger partial charge in [0, 0.05) is 43.1 Å². The highest BCUT2D eigenvalue weighted by molar-refractivity contribution is 7.89. The minimum Gasteiger partial charge on any atom is -0.382 e. The Kier molecular flexibility index (Phi) is 8.97. The summed E-state index contributed by atoms with van der Waals surface area (Å²) in [5, 5.41) is 5.42. The van der Waals surface area contributed by atoms with E-state index in [1.165, 1.54) is 24.3 Å². The van der Waals surface area contributed by atoms with Crippen molar-refractivity contribution < 1.29 is 22.7 Å². The highest BCUT2D eigenvalue weighted by Crippen LogP contribution is 2.17. The average molecular weight is 434 g/mol. The third-order valence-electron chi connectivity index (χ3n) is 4.11. The lowest BCUT2D eigenvalue weighted by Crippen LogP contribution is -2.25. The number of hydrogen-bond donors (Lipinski definition) is 3. The molecule has 0 aliphatic heterocycles. The summed E-state index contributed by atoms with van der Waals surface area (Å²) in [4.78, 5) is 24.1. The van der Waals surface area contributed by atoms with Crippen molar-refractivity contribution in [3.05, 3.63) is 54.1 Å². The van der Waals surface area contributed by atoms with Gasteiger partial charge in [0.1, 0.15) is 0 Å². The Hall–Kier alpha value is -2.75. The molecule has 8 nitrogen and oxygen atoms in total. The lowest BCUT2D eigenvalue weighted by Gasteiger charge is -2.10. The number of anilines is 2. The van der Waals surface area contributed by atoms with Crippen LogP contribution >= 0.6 is 0 Å². The molecule has 0 unspecified atom stereocenters. The number of carbonyl (C=O) groups excluding carboxylic acids is 2. The molecule has 0 saturated carbocycles. The van der Waals surface area contributed by atoms with Gasteiger partial charge in [0.2, 0.25) is 15.9 Å². The quantitative estimate of drug-likeness (QED) is 0.472. The molecule has 3 N–H and O–H groups in total. The van der Waals surface area contributed by atoms with Crippen molar-refractivity contribution in [3.8, 4) is 0 Å². The van der Waals surface area contributed by atoms with Crippen LogP contribution in [0.3, 0.4) is 0 Å². The summed E-state index contributed by atoms with van der Waals surface area (Å²) in [6.45, 7) is 4.99. The molecule has 0 aliphatic carbocycles. The van der Waals surface area contributed by atoms with Crippen molar-refractivity contribution in [1.82, 2.24) is 4.72 Å². The van der Waals surface area contributed by atoms with Gasteiger partial charge in [-0.3, -0.25) is 9.59 Å². The van der Waals surface area contributed by atoms with E-state index >= 15 is 0 Å². The summed E-state index contributed by atoms with van der Waals surface area (Å²) in [5.41, 5.74) is 1.36. The summed E-state index contributed by atoms with van der Waals surface area (Å²) < 4.78 is 32.3. The van der Waals surface area contributed by atoms with Crippen molar-refractivity contribution in [2.75, 3.05) is 30.4 Å². The van der Waals surface area contributed by atoms with Gasteiger partial charge in [-0.05, 0) is 55.8 Å². The van der Waals surface area contributed by atoms with Crippen LogP contribution in [0, 0.1) is 0 Å². The molecule has 0 saturated heterocycles. The number of hydrogen-bond acceptors (Lipinski definition) is 5. The molecule has 0 aliphatic rings. The number of sulfonamides is 1. The van der Waals surface area contributed by atoms with Crippen molar-refractivity contribution >= 4 is 33.2 Å². The third kappa shape index (κ3) is 7.25.